The van der Waals surface area contributed by atoms with Crippen molar-refractivity contribution in [3.05, 3.63) is 151 Å². The number of para-hydroxylation sites is 2. The number of aryl methyl sites for hydroxylation is 1. The third-order valence-corrected chi connectivity index (χ3v) is 6.92. The highest BCUT2D eigenvalue weighted by atomic mass is 15.1. The molecule has 0 aliphatic heterocycles. The summed E-state index contributed by atoms with van der Waals surface area (Å²) in [5.74, 6) is 0. The van der Waals surface area contributed by atoms with Crippen molar-refractivity contribution < 1.29 is 0 Å². The molecule has 0 aliphatic carbocycles. The van der Waals surface area contributed by atoms with Crippen LogP contribution in [-0.2, 0) is 0 Å². The van der Waals surface area contributed by atoms with Gasteiger partial charge < -0.3 is 9.47 Å². The summed E-state index contributed by atoms with van der Waals surface area (Å²) in [5, 5.41) is 3.70. The van der Waals surface area contributed by atoms with Crippen LogP contribution in [0.25, 0.3) is 33.4 Å². The van der Waals surface area contributed by atoms with Crippen LogP contribution in [0.2, 0.25) is 0 Å². The van der Waals surface area contributed by atoms with Gasteiger partial charge in [-0.15, -0.1) is 0 Å². The molecule has 6 aromatic rings. The lowest BCUT2D eigenvalue weighted by Gasteiger charge is -2.25. The summed E-state index contributed by atoms with van der Waals surface area (Å²) in [7, 11) is 0. The first-order valence-electron chi connectivity index (χ1n) is 12.6. The summed E-state index contributed by atoms with van der Waals surface area (Å²) in [6, 6.07) is 43.1. The molecule has 37 heavy (non-hydrogen) atoms. The standard InChI is InChI=1S/C35H28N2/c1-3-4-19-34-26(2)33-25-32(36(29-15-7-5-8-16-29)30-17-9-6-10-18-30)22-23-35(33)37(34)31-21-20-27-13-11-12-14-28(27)24-31/h3-25H,1H2,2H3/b19-4-. The van der Waals surface area contributed by atoms with Gasteiger partial charge in [0.05, 0.1) is 5.52 Å². The van der Waals surface area contributed by atoms with Crippen LogP contribution in [0.4, 0.5) is 17.1 Å². The molecule has 178 valence electrons. The Labute approximate surface area is 218 Å². The molecule has 6 rings (SSSR count). The maximum atomic E-state index is 3.90. The van der Waals surface area contributed by atoms with E-state index in [9.17, 15) is 0 Å². The Balaban J connectivity index is 1.58. The third-order valence-electron chi connectivity index (χ3n) is 6.92. The van der Waals surface area contributed by atoms with Crippen LogP contribution in [0, 0.1) is 6.92 Å². The number of hydrogen-bond acceptors (Lipinski definition) is 1. The van der Waals surface area contributed by atoms with Crippen molar-refractivity contribution in [3.8, 4) is 5.69 Å². The molecule has 2 nitrogen and oxygen atoms in total. The number of nitrogens with zero attached hydrogens (tertiary/aromatic N) is 2. The van der Waals surface area contributed by atoms with Crippen molar-refractivity contribution in [2.45, 2.75) is 6.92 Å². The van der Waals surface area contributed by atoms with E-state index < -0.39 is 0 Å². The number of aromatic nitrogens is 1. The van der Waals surface area contributed by atoms with Crippen molar-refractivity contribution in [2.24, 2.45) is 0 Å². The molecule has 1 aromatic heterocycles. The second kappa shape index (κ2) is 9.67. The number of fused-ring (bicyclic) bond motifs is 2. The fraction of sp³-hybridized carbons (Fsp3) is 0.0286. The molecular weight excluding hydrogens is 448 g/mol. The molecule has 0 atom stereocenters. The number of benzene rings is 5. The Bertz CT molecular complexity index is 1700. The van der Waals surface area contributed by atoms with E-state index in [4.69, 9.17) is 0 Å². The minimum atomic E-state index is 1.13. The van der Waals surface area contributed by atoms with Crippen molar-refractivity contribution in [2.75, 3.05) is 4.90 Å². The van der Waals surface area contributed by atoms with Gasteiger partial charge in [0.1, 0.15) is 0 Å². The highest BCUT2D eigenvalue weighted by Crippen LogP contribution is 2.39. The maximum Gasteiger partial charge on any atom is 0.0539 e. The van der Waals surface area contributed by atoms with Crippen LogP contribution in [0.5, 0.6) is 0 Å². The van der Waals surface area contributed by atoms with Crippen LogP contribution < -0.4 is 4.90 Å². The summed E-state index contributed by atoms with van der Waals surface area (Å²) in [6.07, 6.45) is 6.00. The Kier molecular flexibility index (Phi) is 5.92. The van der Waals surface area contributed by atoms with Crippen LogP contribution in [0.1, 0.15) is 11.3 Å². The monoisotopic (exact) mass is 476 g/mol. The van der Waals surface area contributed by atoms with E-state index in [2.05, 4.69) is 150 Å². The first-order chi connectivity index (χ1) is 18.2. The highest BCUT2D eigenvalue weighted by Gasteiger charge is 2.18. The molecule has 0 unspecified atom stereocenters. The Morgan fingerprint density at radius 1 is 0.649 bits per heavy atom. The largest absolute Gasteiger partial charge is 0.310 e. The Morgan fingerprint density at radius 3 is 1.97 bits per heavy atom. The summed E-state index contributed by atoms with van der Waals surface area (Å²) < 4.78 is 2.36. The molecule has 0 bridgehead atoms. The molecule has 0 saturated heterocycles. The molecule has 1 heterocycles. The van der Waals surface area contributed by atoms with Crippen molar-refractivity contribution >= 4 is 44.8 Å². The molecule has 0 amide bonds. The van der Waals surface area contributed by atoms with E-state index in [1.807, 2.05) is 12.2 Å². The number of allylic oxidation sites excluding steroid dienone is 2. The Morgan fingerprint density at radius 2 is 1.30 bits per heavy atom. The van der Waals surface area contributed by atoms with E-state index in [0.717, 1.165) is 28.4 Å². The summed E-state index contributed by atoms with van der Waals surface area (Å²) >= 11 is 0. The van der Waals surface area contributed by atoms with E-state index in [0.29, 0.717) is 0 Å². The molecule has 0 radical (unpaired) electrons. The van der Waals surface area contributed by atoms with Gasteiger partial charge in [0.25, 0.3) is 0 Å². The zero-order valence-corrected chi connectivity index (χ0v) is 20.9. The number of hydrogen-bond donors (Lipinski definition) is 0. The van der Waals surface area contributed by atoms with Crippen LogP contribution in [0.15, 0.2) is 140 Å². The van der Waals surface area contributed by atoms with Gasteiger partial charge in [0, 0.05) is 33.8 Å². The average molecular weight is 477 g/mol. The lowest BCUT2D eigenvalue weighted by molar-refractivity contribution is 1.10. The number of anilines is 3. The second-order valence-electron chi connectivity index (χ2n) is 9.18. The van der Waals surface area contributed by atoms with Gasteiger partial charge >= 0.3 is 0 Å². The predicted molar refractivity (Wildman–Crippen MR) is 159 cm³/mol. The van der Waals surface area contributed by atoms with Crippen LogP contribution >= 0.6 is 0 Å². The fourth-order valence-electron chi connectivity index (χ4n) is 5.15. The maximum absolute atomic E-state index is 3.90. The van der Waals surface area contributed by atoms with E-state index in [1.54, 1.807) is 0 Å². The smallest absolute Gasteiger partial charge is 0.0539 e. The Hall–Kier alpha value is -4.82. The molecule has 0 saturated carbocycles. The van der Waals surface area contributed by atoms with Crippen molar-refractivity contribution in [3.63, 3.8) is 0 Å². The zero-order valence-electron chi connectivity index (χ0n) is 20.9. The van der Waals surface area contributed by atoms with Gasteiger partial charge in [-0.1, -0.05) is 85.5 Å². The first-order valence-corrected chi connectivity index (χ1v) is 12.6. The molecule has 2 heteroatoms. The predicted octanol–water partition coefficient (Wildman–Crippen LogP) is 9.76. The quantitative estimate of drug-likeness (QED) is 0.217. The molecule has 0 spiro atoms. The van der Waals surface area contributed by atoms with Gasteiger partial charge in [-0.25, -0.2) is 0 Å². The second-order valence-corrected chi connectivity index (χ2v) is 9.18. The van der Waals surface area contributed by atoms with E-state index >= 15 is 0 Å². The van der Waals surface area contributed by atoms with Crippen molar-refractivity contribution in [1.82, 2.24) is 4.57 Å². The normalized spacial score (nSPS) is 11.4. The molecule has 0 aliphatic rings. The van der Waals surface area contributed by atoms with Crippen molar-refractivity contribution in [1.29, 1.82) is 0 Å². The summed E-state index contributed by atoms with van der Waals surface area (Å²) in [5.41, 5.74) is 8.12. The fourth-order valence-corrected chi connectivity index (χ4v) is 5.15. The first kappa shape index (κ1) is 22.6. The topological polar surface area (TPSA) is 8.17 Å². The van der Waals surface area contributed by atoms with Gasteiger partial charge in [0.2, 0.25) is 0 Å². The minimum absolute atomic E-state index is 1.13. The van der Waals surface area contributed by atoms with Gasteiger partial charge in [-0.3, -0.25) is 0 Å². The number of rotatable bonds is 6. The van der Waals surface area contributed by atoms with Gasteiger partial charge in [-0.05, 0) is 83.9 Å². The third kappa shape index (κ3) is 4.13. The molecule has 0 N–H and O–H groups in total. The average Bonchev–Trinajstić information content (AvgIpc) is 3.23. The lowest BCUT2D eigenvalue weighted by atomic mass is 10.1. The summed E-state index contributed by atoms with van der Waals surface area (Å²) in [4.78, 5) is 2.31. The van der Waals surface area contributed by atoms with E-state index in [1.165, 1.54) is 27.2 Å². The SMILES string of the molecule is C=C/C=C\c1c(C)c2cc(N(c3ccccc3)c3ccccc3)ccc2n1-c1ccc2ccccc2c1. The van der Waals surface area contributed by atoms with Gasteiger partial charge in [-0.2, -0.15) is 0 Å². The highest BCUT2D eigenvalue weighted by molar-refractivity contribution is 5.95. The van der Waals surface area contributed by atoms with Gasteiger partial charge in [0.15, 0.2) is 0 Å². The molecule has 0 fully saturated rings. The van der Waals surface area contributed by atoms with E-state index in [-0.39, 0.29) is 0 Å². The molecular formula is C35H28N2. The summed E-state index contributed by atoms with van der Waals surface area (Å²) in [6.45, 7) is 6.11. The lowest BCUT2D eigenvalue weighted by Crippen LogP contribution is -2.09. The zero-order chi connectivity index (χ0) is 25.2. The molecule has 5 aromatic carbocycles. The van der Waals surface area contributed by atoms with Crippen LogP contribution in [-0.4, -0.2) is 4.57 Å². The minimum Gasteiger partial charge on any atom is -0.310 e. The van der Waals surface area contributed by atoms with Crippen LogP contribution in [0.3, 0.4) is 0 Å².